The third-order valence-corrected chi connectivity index (χ3v) is 5.47. The van der Waals surface area contributed by atoms with Gasteiger partial charge in [0.15, 0.2) is 0 Å². The first-order valence-corrected chi connectivity index (χ1v) is 8.89. The Hall–Kier alpha value is -2.41. The number of esters is 2. The number of aliphatic hydroxyl groups excluding tert-OH is 1. The SMILES string of the molecule is CC(C)=CC(=O)O[C@H](C1=C(C)C(=O)O[C@H]1O)[C@@]1(C)C(C(=O)O)=CCC[C@@H]1C. The van der Waals surface area contributed by atoms with E-state index in [9.17, 15) is 24.6 Å². The van der Waals surface area contributed by atoms with Crippen LogP contribution < -0.4 is 0 Å². The smallest absolute Gasteiger partial charge is 0.336 e. The Balaban J connectivity index is 2.64. The first kappa shape index (κ1) is 20.9. The molecule has 4 atom stereocenters. The summed E-state index contributed by atoms with van der Waals surface area (Å²) in [6.45, 7) is 8.48. The van der Waals surface area contributed by atoms with E-state index in [4.69, 9.17) is 9.47 Å². The fraction of sp³-hybridized carbons (Fsp3) is 0.550. The zero-order valence-electron chi connectivity index (χ0n) is 16.2. The lowest BCUT2D eigenvalue weighted by Crippen LogP contribution is -2.48. The van der Waals surface area contributed by atoms with Crippen molar-refractivity contribution in [2.45, 2.75) is 59.9 Å². The highest BCUT2D eigenvalue weighted by Crippen LogP contribution is 2.50. The summed E-state index contributed by atoms with van der Waals surface area (Å²) in [7, 11) is 0. The van der Waals surface area contributed by atoms with Crippen LogP contribution in [0.1, 0.15) is 47.5 Å². The quantitative estimate of drug-likeness (QED) is 0.558. The van der Waals surface area contributed by atoms with Crippen molar-refractivity contribution in [2.24, 2.45) is 11.3 Å². The van der Waals surface area contributed by atoms with E-state index in [1.165, 1.54) is 13.0 Å². The first-order valence-electron chi connectivity index (χ1n) is 8.89. The summed E-state index contributed by atoms with van der Waals surface area (Å²) in [6, 6.07) is 0. The summed E-state index contributed by atoms with van der Waals surface area (Å²) in [5, 5.41) is 20.0. The molecule has 0 spiro atoms. The number of hydrogen-bond acceptors (Lipinski definition) is 6. The third-order valence-electron chi connectivity index (χ3n) is 5.47. The Bertz CT molecular complexity index is 754. The molecule has 1 aliphatic heterocycles. The van der Waals surface area contributed by atoms with Gasteiger partial charge in [-0.3, -0.25) is 0 Å². The van der Waals surface area contributed by atoms with E-state index in [1.54, 1.807) is 26.8 Å². The van der Waals surface area contributed by atoms with E-state index < -0.39 is 35.7 Å². The number of carbonyl (C=O) groups is 3. The van der Waals surface area contributed by atoms with E-state index in [1.807, 2.05) is 6.92 Å². The van der Waals surface area contributed by atoms with Crippen molar-refractivity contribution in [3.05, 3.63) is 34.4 Å². The topological polar surface area (TPSA) is 110 Å². The lowest BCUT2D eigenvalue weighted by molar-refractivity contribution is -0.158. The van der Waals surface area contributed by atoms with Crippen molar-refractivity contribution in [3.63, 3.8) is 0 Å². The van der Waals surface area contributed by atoms with E-state index in [0.29, 0.717) is 18.4 Å². The molecule has 0 bridgehead atoms. The van der Waals surface area contributed by atoms with Crippen LogP contribution in [0.25, 0.3) is 0 Å². The van der Waals surface area contributed by atoms with Gasteiger partial charge in [0.1, 0.15) is 6.10 Å². The fourth-order valence-corrected chi connectivity index (χ4v) is 3.76. The summed E-state index contributed by atoms with van der Waals surface area (Å²) in [5.41, 5.74) is -0.108. The van der Waals surface area contributed by atoms with E-state index in [2.05, 4.69) is 0 Å². The minimum atomic E-state index is -1.58. The van der Waals surface area contributed by atoms with Gasteiger partial charge < -0.3 is 19.7 Å². The molecule has 2 N–H and O–H groups in total. The minimum absolute atomic E-state index is 0.0962. The lowest BCUT2D eigenvalue weighted by atomic mass is 9.62. The molecule has 148 valence electrons. The highest BCUT2D eigenvalue weighted by atomic mass is 16.6. The number of carboxylic acids is 1. The number of rotatable bonds is 5. The van der Waals surface area contributed by atoms with E-state index in [-0.39, 0.29) is 22.6 Å². The maximum atomic E-state index is 12.4. The summed E-state index contributed by atoms with van der Waals surface area (Å²) >= 11 is 0. The number of carboxylic acid groups (broad SMARTS) is 1. The summed E-state index contributed by atoms with van der Waals surface area (Å²) in [6.07, 6.45) is 1.44. The Morgan fingerprint density at radius 2 is 2.04 bits per heavy atom. The zero-order chi connectivity index (χ0) is 20.5. The van der Waals surface area contributed by atoms with Crippen molar-refractivity contribution in [1.82, 2.24) is 0 Å². The minimum Gasteiger partial charge on any atom is -0.478 e. The molecule has 7 nitrogen and oxygen atoms in total. The van der Waals surface area contributed by atoms with Gasteiger partial charge in [-0.2, -0.15) is 0 Å². The van der Waals surface area contributed by atoms with Gasteiger partial charge in [-0.1, -0.05) is 25.5 Å². The third kappa shape index (κ3) is 3.83. The molecule has 0 radical (unpaired) electrons. The maximum Gasteiger partial charge on any atom is 0.336 e. The van der Waals surface area contributed by atoms with Crippen LogP contribution >= 0.6 is 0 Å². The van der Waals surface area contributed by atoms with Crippen LogP contribution in [0.4, 0.5) is 0 Å². The van der Waals surface area contributed by atoms with Crippen molar-refractivity contribution < 1.29 is 34.1 Å². The largest absolute Gasteiger partial charge is 0.478 e. The second-order valence-corrected chi connectivity index (χ2v) is 7.56. The number of cyclic esters (lactones) is 1. The average molecular weight is 378 g/mol. The van der Waals surface area contributed by atoms with Crippen LogP contribution in [0.5, 0.6) is 0 Å². The van der Waals surface area contributed by atoms with Gasteiger partial charge in [0, 0.05) is 28.2 Å². The molecule has 1 heterocycles. The standard InChI is InChI=1S/C20H26O7/c1-10(2)9-14(21)26-16(15-12(4)18(24)27-19(15)25)20(5)11(3)7-6-8-13(20)17(22)23/h8-9,11,16,19,25H,6-7H2,1-5H3,(H,22,23)/t11-,16+,19+,20+/m0/s1. The van der Waals surface area contributed by atoms with Gasteiger partial charge in [-0.15, -0.1) is 0 Å². The Kier molecular flexibility index (Phi) is 5.94. The molecule has 27 heavy (non-hydrogen) atoms. The van der Waals surface area contributed by atoms with Crippen LogP contribution in [-0.4, -0.2) is 40.5 Å². The van der Waals surface area contributed by atoms with Gasteiger partial charge in [-0.05, 0) is 39.5 Å². The highest BCUT2D eigenvalue weighted by molar-refractivity contribution is 5.93. The predicted octanol–water partition coefficient (Wildman–Crippen LogP) is 2.50. The number of ether oxygens (including phenoxy) is 2. The number of hydrogen-bond donors (Lipinski definition) is 2. The van der Waals surface area contributed by atoms with Crippen LogP contribution in [0.2, 0.25) is 0 Å². The molecule has 0 saturated carbocycles. The van der Waals surface area contributed by atoms with Crippen molar-refractivity contribution in [2.75, 3.05) is 0 Å². The van der Waals surface area contributed by atoms with Crippen LogP contribution in [0.3, 0.4) is 0 Å². The van der Waals surface area contributed by atoms with Gasteiger partial charge in [0.05, 0.1) is 0 Å². The average Bonchev–Trinajstić information content (AvgIpc) is 2.79. The molecular formula is C20H26O7. The second kappa shape index (κ2) is 7.68. The molecule has 0 unspecified atom stereocenters. The fourth-order valence-electron chi connectivity index (χ4n) is 3.76. The molecule has 0 aromatic heterocycles. The molecular weight excluding hydrogens is 352 g/mol. The molecule has 0 aromatic rings. The molecule has 2 rings (SSSR count). The number of aliphatic carboxylic acids is 1. The Labute approximate surface area is 158 Å². The highest BCUT2D eigenvalue weighted by Gasteiger charge is 2.53. The maximum absolute atomic E-state index is 12.4. The molecule has 0 aromatic carbocycles. The first-order chi connectivity index (χ1) is 12.5. The predicted molar refractivity (Wildman–Crippen MR) is 96.3 cm³/mol. The Morgan fingerprint density at radius 1 is 1.41 bits per heavy atom. The van der Waals surface area contributed by atoms with Gasteiger partial charge in [0.2, 0.25) is 6.29 Å². The molecule has 0 fully saturated rings. The summed E-state index contributed by atoms with van der Waals surface area (Å²) in [5.74, 6) is -2.68. The van der Waals surface area contributed by atoms with E-state index in [0.717, 1.165) is 0 Å². The van der Waals surface area contributed by atoms with Gasteiger partial charge in [0.25, 0.3) is 0 Å². The normalized spacial score (nSPS) is 29.0. The Morgan fingerprint density at radius 3 is 2.52 bits per heavy atom. The monoisotopic (exact) mass is 378 g/mol. The van der Waals surface area contributed by atoms with Crippen molar-refractivity contribution in [1.29, 1.82) is 0 Å². The molecule has 1 aliphatic carbocycles. The molecule has 2 aliphatic rings. The molecule has 0 saturated heterocycles. The van der Waals surface area contributed by atoms with E-state index >= 15 is 0 Å². The van der Waals surface area contributed by atoms with Crippen molar-refractivity contribution >= 4 is 17.9 Å². The summed E-state index contributed by atoms with van der Waals surface area (Å²) < 4.78 is 10.5. The molecule has 0 amide bonds. The van der Waals surface area contributed by atoms with Crippen molar-refractivity contribution in [3.8, 4) is 0 Å². The number of carbonyl (C=O) groups excluding carboxylic acids is 2. The second-order valence-electron chi connectivity index (χ2n) is 7.56. The zero-order valence-corrected chi connectivity index (χ0v) is 16.2. The lowest BCUT2D eigenvalue weighted by Gasteiger charge is -2.45. The van der Waals surface area contributed by atoms with Crippen LogP contribution in [0, 0.1) is 11.3 Å². The van der Waals surface area contributed by atoms with Gasteiger partial charge >= 0.3 is 17.9 Å². The van der Waals surface area contributed by atoms with Gasteiger partial charge in [-0.25, -0.2) is 14.4 Å². The summed E-state index contributed by atoms with van der Waals surface area (Å²) in [4.78, 5) is 36.2. The number of allylic oxidation sites excluding steroid dienone is 2. The molecule has 7 heteroatoms. The van der Waals surface area contributed by atoms with Crippen LogP contribution in [-0.2, 0) is 23.9 Å². The number of aliphatic hydroxyl groups is 1. The van der Waals surface area contributed by atoms with Crippen LogP contribution in [0.15, 0.2) is 34.4 Å².